The lowest BCUT2D eigenvalue weighted by Crippen LogP contribution is -2.35. The number of fused-ring (bicyclic) bond motifs is 1. The normalized spacial score (nSPS) is 10.7. The Morgan fingerprint density at radius 3 is 2.17 bits per heavy atom. The maximum atomic E-state index is 13.3. The minimum absolute atomic E-state index is 0.277. The molecule has 3 aromatic carbocycles. The van der Waals surface area contributed by atoms with Crippen molar-refractivity contribution >= 4 is 28.3 Å². The monoisotopic (exact) mass is 542 g/mol. The molecule has 1 heterocycles. The van der Waals surface area contributed by atoms with Gasteiger partial charge in [-0.05, 0) is 68.3 Å². The number of hydrogen-bond acceptors (Lipinski definition) is 6. The number of nitrogens with one attached hydrogen (secondary N) is 2. The summed E-state index contributed by atoms with van der Waals surface area (Å²) in [5.41, 5.74) is 4.87. The predicted molar refractivity (Wildman–Crippen MR) is 157 cm³/mol. The van der Waals surface area contributed by atoms with Crippen LogP contribution in [0, 0.1) is 0 Å². The molecule has 9 heteroatoms. The molecule has 0 atom stereocenters. The summed E-state index contributed by atoms with van der Waals surface area (Å²) in [7, 11) is 3.15. The second-order valence-corrected chi connectivity index (χ2v) is 9.12. The molecule has 0 bridgehead atoms. The molecule has 0 aliphatic heterocycles. The first-order valence-corrected chi connectivity index (χ1v) is 13.2. The van der Waals surface area contributed by atoms with Crippen LogP contribution in [0.15, 0.2) is 77.7 Å². The number of methoxy groups -OCH3 is 2. The summed E-state index contributed by atoms with van der Waals surface area (Å²) in [6.45, 7) is 6.20. The van der Waals surface area contributed by atoms with E-state index in [1.165, 1.54) is 6.20 Å². The summed E-state index contributed by atoms with van der Waals surface area (Å²) in [5, 5.41) is 3.75. The smallest absolute Gasteiger partial charge is 0.277 e. The molecule has 0 fully saturated rings. The largest absolute Gasteiger partial charge is 0.493 e. The van der Waals surface area contributed by atoms with Crippen LogP contribution < -0.4 is 30.7 Å². The molecule has 4 rings (SSSR count). The summed E-state index contributed by atoms with van der Waals surface area (Å²) in [6, 6.07) is 19.6. The van der Waals surface area contributed by atoms with Crippen molar-refractivity contribution in [2.24, 2.45) is 0 Å². The van der Waals surface area contributed by atoms with Crippen LogP contribution in [0.4, 0.5) is 5.69 Å². The minimum atomic E-state index is -0.455. The van der Waals surface area contributed by atoms with Crippen LogP contribution in [0.25, 0.3) is 10.8 Å². The highest BCUT2D eigenvalue weighted by Gasteiger charge is 2.17. The number of ether oxygens (including phenoxy) is 2. The van der Waals surface area contributed by atoms with Crippen molar-refractivity contribution in [2.45, 2.75) is 20.3 Å². The molecule has 1 aromatic heterocycles. The lowest BCUT2D eigenvalue weighted by Gasteiger charge is -2.21. The second kappa shape index (κ2) is 12.8. The number of pyridine rings is 1. The number of rotatable bonds is 11. The van der Waals surface area contributed by atoms with E-state index in [2.05, 4.69) is 29.5 Å². The van der Waals surface area contributed by atoms with Crippen LogP contribution in [-0.2, 0) is 6.42 Å². The van der Waals surface area contributed by atoms with Crippen molar-refractivity contribution in [2.75, 3.05) is 44.2 Å². The van der Waals surface area contributed by atoms with Crippen LogP contribution in [0.1, 0.15) is 40.1 Å². The van der Waals surface area contributed by atoms with Gasteiger partial charge in [-0.1, -0.05) is 24.3 Å². The Balaban J connectivity index is 1.54. The zero-order valence-corrected chi connectivity index (χ0v) is 23.2. The molecule has 0 saturated carbocycles. The standard InChI is InChI=1S/C31H34N4O5/c1-5-34(6-2)23-14-12-22(13-15-23)29(36)33-35-20-26(24-9-7-8-10-25(24)31(35)38)30(37)32-18-17-21-11-16-27(39-3)28(19-21)40-4/h7-16,19-20H,5-6,17-18H2,1-4H3,(H,32,37)(H,33,36). The third-order valence-corrected chi connectivity index (χ3v) is 6.80. The average molecular weight is 543 g/mol. The fraction of sp³-hybridized carbons (Fsp3) is 0.258. The van der Waals surface area contributed by atoms with Crippen molar-refractivity contribution in [3.8, 4) is 11.5 Å². The van der Waals surface area contributed by atoms with Gasteiger partial charge in [0, 0.05) is 47.9 Å². The van der Waals surface area contributed by atoms with Crippen molar-refractivity contribution in [1.82, 2.24) is 9.99 Å². The summed E-state index contributed by atoms with van der Waals surface area (Å²) >= 11 is 0. The van der Waals surface area contributed by atoms with Gasteiger partial charge in [-0.25, -0.2) is 4.68 Å². The van der Waals surface area contributed by atoms with E-state index >= 15 is 0 Å². The molecule has 40 heavy (non-hydrogen) atoms. The van der Waals surface area contributed by atoms with E-state index in [-0.39, 0.29) is 11.5 Å². The van der Waals surface area contributed by atoms with Crippen LogP contribution in [-0.4, -0.2) is 50.3 Å². The van der Waals surface area contributed by atoms with E-state index in [1.54, 1.807) is 50.6 Å². The number of amides is 2. The topological polar surface area (TPSA) is 102 Å². The number of carbonyl (C=O) groups excluding carboxylic acids is 2. The molecule has 2 N–H and O–H groups in total. The van der Waals surface area contributed by atoms with Gasteiger partial charge in [0.1, 0.15) is 0 Å². The van der Waals surface area contributed by atoms with Crippen LogP contribution in [0.3, 0.4) is 0 Å². The first kappa shape index (κ1) is 28.2. The van der Waals surface area contributed by atoms with Crippen molar-refractivity contribution < 1.29 is 19.1 Å². The predicted octanol–water partition coefficient (Wildman–Crippen LogP) is 4.22. The van der Waals surface area contributed by atoms with Gasteiger partial charge >= 0.3 is 0 Å². The Morgan fingerprint density at radius 1 is 0.850 bits per heavy atom. The highest BCUT2D eigenvalue weighted by molar-refractivity contribution is 6.07. The SMILES string of the molecule is CCN(CC)c1ccc(C(=O)Nn2cc(C(=O)NCCc3ccc(OC)c(OC)c3)c3ccccc3c2=O)cc1. The van der Waals surface area contributed by atoms with Gasteiger partial charge in [0.05, 0.1) is 19.8 Å². The highest BCUT2D eigenvalue weighted by Crippen LogP contribution is 2.27. The molecular weight excluding hydrogens is 508 g/mol. The van der Waals surface area contributed by atoms with Gasteiger partial charge in [0.25, 0.3) is 17.4 Å². The molecule has 208 valence electrons. The molecule has 2 amide bonds. The fourth-order valence-electron chi connectivity index (χ4n) is 4.59. The number of carbonyl (C=O) groups is 2. The van der Waals surface area contributed by atoms with Crippen molar-refractivity contribution in [3.05, 3.63) is 100.0 Å². The Kier molecular flexibility index (Phi) is 9.06. The van der Waals surface area contributed by atoms with Gasteiger partial charge in [0.2, 0.25) is 0 Å². The quantitative estimate of drug-likeness (QED) is 0.294. The maximum absolute atomic E-state index is 13.3. The summed E-state index contributed by atoms with van der Waals surface area (Å²) in [6.07, 6.45) is 1.93. The first-order chi connectivity index (χ1) is 19.4. The first-order valence-electron chi connectivity index (χ1n) is 13.2. The average Bonchev–Trinajstić information content (AvgIpc) is 2.99. The van der Waals surface area contributed by atoms with Gasteiger partial charge < -0.3 is 19.7 Å². The molecule has 9 nitrogen and oxygen atoms in total. The molecule has 0 radical (unpaired) electrons. The van der Waals surface area contributed by atoms with Crippen molar-refractivity contribution in [3.63, 3.8) is 0 Å². The van der Waals surface area contributed by atoms with E-state index in [9.17, 15) is 14.4 Å². The molecular formula is C31H34N4O5. The molecule has 0 spiro atoms. The Hall–Kier alpha value is -4.79. The fourth-order valence-corrected chi connectivity index (χ4v) is 4.59. The highest BCUT2D eigenvalue weighted by atomic mass is 16.5. The Labute approximate surface area is 233 Å². The maximum Gasteiger partial charge on any atom is 0.277 e. The zero-order valence-electron chi connectivity index (χ0n) is 23.2. The van der Waals surface area contributed by atoms with Gasteiger partial charge in [-0.2, -0.15) is 0 Å². The number of benzene rings is 3. The van der Waals surface area contributed by atoms with E-state index in [0.717, 1.165) is 29.0 Å². The summed E-state index contributed by atoms with van der Waals surface area (Å²) in [4.78, 5) is 41.7. The molecule has 0 aliphatic rings. The van der Waals surface area contributed by atoms with E-state index < -0.39 is 11.5 Å². The third-order valence-electron chi connectivity index (χ3n) is 6.80. The summed E-state index contributed by atoms with van der Waals surface area (Å²) < 4.78 is 11.7. The van der Waals surface area contributed by atoms with E-state index in [0.29, 0.717) is 40.8 Å². The second-order valence-electron chi connectivity index (χ2n) is 9.12. The Morgan fingerprint density at radius 2 is 1.52 bits per heavy atom. The zero-order chi connectivity index (χ0) is 28.6. The lowest BCUT2D eigenvalue weighted by atomic mass is 10.1. The van der Waals surface area contributed by atoms with E-state index in [1.807, 2.05) is 30.3 Å². The number of anilines is 1. The third kappa shape index (κ3) is 6.09. The van der Waals surface area contributed by atoms with Gasteiger partial charge in [0.15, 0.2) is 11.5 Å². The van der Waals surface area contributed by atoms with Crippen LogP contribution >= 0.6 is 0 Å². The van der Waals surface area contributed by atoms with Crippen LogP contribution in [0.2, 0.25) is 0 Å². The summed E-state index contributed by atoms with van der Waals surface area (Å²) in [5.74, 6) is 0.431. The van der Waals surface area contributed by atoms with E-state index in [4.69, 9.17) is 9.47 Å². The molecule has 0 saturated heterocycles. The minimum Gasteiger partial charge on any atom is -0.493 e. The molecule has 0 unspecified atom stereocenters. The molecule has 4 aromatic rings. The number of nitrogens with zero attached hydrogens (tertiary/aromatic N) is 2. The number of hydrogen-bond donors (Lipinski definition) is 2. The lowest BCUT2D eigenvalue weighted by molar-refractivity contribution is 0.0952. The van der Waals surface area contributed by atoms with Gasteiger partial charge in [-0.3, -0.25) is 19.8 Å². The van der Waals surface area contributed by atoms with Gasteiger partial charge in [-0.15, -0.1) is 0 Å². The Bertz CT molecular complexity index is 1560. The van der Waals surface area contributed by atoms with Crippen molar-refractivity contribution in [1.29, 1.82) is 0 Å². The molecule has 0 aliphatic carbocycles. The number of aromatic nitrogens is 1. The van der Waals surface area contributed by atoms with Crippen LogP contribution in [0.5, 0.6) is 11.5 Å².